The first-order valence-electron chi connectivity index (χ1n) is 4.64. The lowest BCUT2D eigenvalue weighted by Gasteiger charge is -2.38. The molecule has 0 amide bonds. The number of Topliss-reactive ketones (excluding diaryl/α,β-unsaturated/α-hetero) is 2. The number of hydrogen-bond donors (Lipinski definition) is 0. The fraction of sp³-hybridized carbons (Fsp3) is 0.636. The summed E-state index contributed by atoms with van der Waals surface area (Å²) in [4.78, 5) is 44.9. The van der Waals surface area contributed by atoms with Crippen molar-refractivity contribution in [2.75, 3.05) is 0 Å². The fourth-order valence-corrected chi connectivity index (χ4v) is 1.77. The zero-order chi connectivity index (χ0) is 11.9. The molecule has 15 heavy (non-hydrogen) atoms. The molecule has 0 N–H and O–H groups in total. The SMILES string of the molecule is CC1(C)CC(=O)C(C)([C]=O)C([C]=O)C1=O. The minimum absolute atomic E-state index is 0.0320. The highest BCUT2D eigenvalue weighted by Gasteiger charge is 2.55. The van der Waals surface area contributed by atoms with E-state index in [9.17, 15) is 19.2 Å². The minimum atomic E-state index is -1.64. The van der Waals surface area contributed by atoms with E-state index in [1.165, 1.54) is 19.5 Å². The molecule has 0 aliphatic heterocycles. The summed E-state index contributed by atoms with van der Waals surface area (Å²) in [5.74, 6) is -2.15. The van der Waals surface area contributed by atoms with E-state index in [0.717, 1.165) is 0 Å². The van der Waals surface area contributed by atoms with Crippen LogP contribution in [0.15, 0.2) is 0 Å². The highest BCUT2D eigenvalue weighted by atomic mass is 16.2. The Hall–Kier alpha value is -1.32. The van der Waals surface area contributed by atoms with Crippen LogP contribution in [0, 0.1) is 16.7 Å². The van der Waals surface area contributed by atoms with E-state index >= 15 is 0 Å². The van der Waals surface area contributed by atoms with E-state index in [-0.39, 0.29) is 6.42 Å². The van der Waals surface area contributed by atoms with Crippen LogP contribution in [0.3, 0.4) is 0 Å². The number of carbonyl (C=O) groups excluding carboxylic acids is 4. The van der Waals surface area contributed by atoms with Crippen LogP contribution in [0.4, 0.5) is 0 Å². The number of carbonyl (C=O) groups is 2. The average Bonchev–Trinajstić information content (AvgIpc) is 2.15. The van der Waals surface area contributed by atoms with Gasteiger partial charge >= 0.3 is 0 Å². The van der Waals surface area contributed by atoms with Crippen LogP contribution >= 0.6 is 0 Å². The first-order valence-corrected chi connectivity index (χ1v) is 4.64. The van der Waals surface area contributed by atoms with Crippen molar-refractivity contribution in [3.05, 3.63) is 0 Å². The lowest BCUT2D eigenvalue weighted by molar-refractivity contribution is -0.146. The summed E-state index contributed by atoms with van der Waals surface area (Å²) in [7, 11) is 0. The van der Waals surface area contributed by atoms with Crippen LogP contribution in [0.1, 0.15) is 27.2 Å². The van der Waals surface area contributed by atoms with E-state index in [4.69, 9.17) is 0 Å². The predicted molar refractivity (Wildman–Crippen MR) is 51.4 cm³/mol. The molecule has 0 saturated heterocycles. The monoisotopic (exact) mass is 208 g/mol. The maximum atomic E-state index is 11.8. The molecule has 0 aromatic rings. The molecule has 0 aromatic heterocycles. The van der Waals surface area contributed by atoms with Crippen molar-refractivity contribution in [2.24, 2.45) is 16.7 Å². The van der Waals surface area contributed by atoms with Crippen LogP contribution in [-0.4, -0.2) is 24.1 Å². The number of hydrogen-bond acceptors (Lipinski definition) is 4. The van der Waals surface area contributed by atoms with Crippen molar-refractivity contribution in [2.45, 2.75) is 27.2 Å². The fourth-order valence-electron chi connectivity index (χ4n) is 1.77. The minimum Gasteiger partial charge on any atom is -0.299 e. The Kier molecular flexibility index (Phi) is 2.63. The second-order valence-corrected chi connectivity index (χ2v) is 4.70. The molecule has 1 fully saturated rings. The van der Waals surface area contributed by atoms with Crippen molar-refractivity contribution >= 4 is 24.1 Å². The summed E-state index contributed by atoms with van der Waals surface area (Å²) in [6, 6.07) is 0. The predicted octanol–water partition coefficient (Wildman–Crippen LogP) is 0.396. The molecule has 2 unspecified atom stereocenters. The first-order chi connectivity index (χ1) is 6.79. The van der Waals surface area contributed by atoms with E-state index < -0.39 is 28.3 Å². The third-order valence-electron chi connectivity index (χ3n) is 3.02. The molecule has 80 valence electrons. The summed E-state index contributed by atoms with van der Waals surface area (Å²) < 4.78 is 0. The zero-order valence-electron chi connectivity index (χ0n) is 8.92. The Balaban J connectivity index is 3.26. The molecule has 0 aromatic carbocycles. The second kappa shape index (κ2) is 3.36. The third-order valence-corrected chi connectivity index (χ3v) is 3.02. The Bertz CT molecular complexity index is 342. The van der Waals surface area contributed by atoms with Gasteiger partial charge in [0.25, 0.3) is 0 Å². The molecule has 0 bridgehead atoms. The van der Waals surface area contributed by atoms with Gasteiger partial charge in [0.1, 0.15) is 17.1 Å². The molecule has 2 atom stereocenters. The van der Waals surface area contributed by atoms with Crippen molar-refractivity contribution < 1.29 is 19.2 Å². The van der Waals surface area contributed by atoms with Gasteiger partial charge in [0.15, 0.2) is 5.78 Å². The van der Waals surface area contributed by atoms with E-state index in [2.05, 4.69) is 0 Å². The molecule has 1 saturated carbocycles. The van der Waals surface area contributed by atoms with Crippen molar-refractivity contribution in [3.8, 4) is 0 Å². The first kappa shape index (κ1) is 11.8. The van der Waals surface area contributed by atoms with Gasteiger partial charge in [-0.3, -0.25) is 19.2 Å². The molecule has 2 radical (unpaired) electrons. The van der Waals surface area contributed by atoms with Gasteiger partial charge in [0.05, 0.1) is 0 Å². The summed E-state index contributed by atoms with van der Waals surface area (Å²) >= 11 is 0. The standard InChI is InChI=1S/C11H12O4/c1-10(2)4-8(14)11(3,6-13)7(5-12)9(10)15/h7H,4H2,1-3H3. The van der Waals surface area contributed by atoms with Gasteiger partial charge in [0.2, 0.25) is 12.6 Å². The second-order valence-electron chi connectivity index (χ2n) is 4.70. The molecular formula is C11H12O4. The number of rotatable bonds is 2. The van der Waals surface area contributed by atoms with Gasteiger partial charge in [-0.05, 0) is 6.92 Å². The smallest absolute Gasteiger partial charge is 0.213 e. The van der Waals surface area contributed by atoms with E-state index in [1.807, 2.05) is 0 Å². The van der Waals surface area contributed by atoms with Gasteiger partial charge in [0, 0.05) is 11.8 Å². The summed E-state index contributed by atoms with van der Waals surface area (Å²) in [5, 5.41) is 0. The maximum absolute atomic E-state index is 11.8. The number of ketones is 2. The Morgan fingerprint density at radius 3 is 2.13 bits per heavy atom. The molecule has 4 nitrogen and oxygen atoms in total. The topological polar surface area (TPSA) is 68.3 Å². The van der Waals surface area contributed by atoms with Gasteiger partial charge in [-0.1, -0.05) is 13.8 Å². The van der Waals surface area contributed by atoms with Crippen molar-refractivity contribution in [3.63, 3.8) is 0 Å². The highest BCUT2D eigenvalue weighted by Crippen LogP contribution is 2.41. The summed E-state index contributed by atoms with van der Waals surface area (Å²) in [5.41, 5.74) is -2.54. The zero-order valence-corrected chi connectivity index (χ0v) is 8.92. The molecule has 1 aliphatic carbocycles. The van der Waals surface area contributed by atoms with Crippen molar-refractivity contribution in [1.29, 1.82) is 0 Å². The maximum Gasteiger partial charge on any atom is 0.213 e. The third kappa shape index (κ3) is 1.54. The molecule has 0 heterocycles. The highest BCUT2D eigenvalue weighted by molar-refractivity contribution is 6.14. The molecule has 0 spiro atoms. The average molecular weight is 208 g/mol. The lowest BCUT2D eigenvalue weighted by Crippen LogP contribution is -2.53. The van der Waals surface area contributed by atoms with Crippen LogP contribution < -0.4 is 0 Å². The Morgan fingerprint density at radius 1 is 1.20 bits per heavy atom. The van der Waals surface area contributed by atoms with Crippen LogP contribution in [0.25, 0.3) is 0 Å². The Labute approximate surface area is 88.0 Å². The summed E-state index contributed by atoms with van der Waals surface area (Å²) in [6.07, 6.45) is 2.98. The normalized spacial score (nSPS) is 35.0. The molecular weight excluding hydrogens is 196 g/mol. The van der Waals surface area contributed by atoms with Gasteiger partial charge in [-0.25, -0.2) is 0 Å². The van der Waals surface area contributed by atoms with Crippen LogP contribution in [-0.2, 0) is 19.2 Å². The van der Waals surface area contributed by atoms with E-state index in [0.29, 0.717) is 0 Å². The van der Waals surface area contributed by atoms with Crippen LogP contribution in [0.5, 0.6) is 0 Å². The lowest BCUT2D eigenvalue weighted by atomic mass is 9.59. The van der Waals surface area contributed by atoms with Crippen LogP contribution in [0.2, 0.25) is 0 Å². The molecule has 4 heteroatoms. The van der Waals surface area contributed by atoms with Gasteiger partial charge < -0.3 is 0 Å². The summed E-state index contributed by atoms with van der Waals surface area (Å²) in [6.45, 7) is 4.44. The molecule has 1 aliphatic rings. The van der Waals surface area contributed by atoms with Gasteiger partial charge in [-0.15, -0.1) is 0 Å². The van der Waals surface area contributed by atoms with E-state index in [1.54, 1.807) is 13.8 Å². The largest absolute Gasteiger partial charge is 0.299 e. The Morgan fingerprint density at radius 2 is 1.73 bits per heavy atom. The molecule has 1 rings (SSSR count). The quantitative estimate of drug-likeness (QED) is 0.616. The van der Waals surface area contributed by atoms with Crippen molar-refractivity contribution in [1.82, 2.24) is 0 Å². The van der Waals surface area contributed by atoms with Gasteiger partial charge in [-0.2, -0.15) is 0 Å².